The molecule has 0 aromatic carbocycles. The summed E-state index contributed by atoms with van der Waals surface area (Å²) in [7, 11) is 0. The fourth-order valence-corrected chi connectivity index (χ4v) is 3.67. The molecule has 138 valence electrons. The molecule has 1 atom stereocenters. The summed E-state index contributed by atoms with van der Waals surface area (Å²) in [6.07, 6.45) is 3.35. The lowest BCUT2D eigenvalue weighted by atomic mass is 10.3. The highest BCUT2D eigenvalue weighted by Gasteiger charge is 2.42. The van der Waals surface area contributed by atoms with Crippen LogP contribution in [0.4, 0.5) is 9.93 Å². The molecule has 2 aromatic heterocycles. The quantitative estimate of drug-likeness (QED) is 0.692. The maximum Gasteiger partial charge on any atom is 0.358 e. The van der Waals surface area contributed by atoms with Crippen molar-refractivity contribution in [3.05, 3.63) is 35.1 Å². The van der Waals surface area contributed by atoms with Crippen LogP contribution in [0.2, 0.25) is 0 Å². The third-order valence-electron chi connectivity index (χ3n) is 3.88. The summed E-state index contributed by atoms with van der Waals surface area (Å²) in [5.74, 6) is -0.565. The van der Waals surface area contributed by atoms with Crippen molar-refractivity contribution in [3.8, 4) is 0 Å². The predicted molar refractivity (Wildman–Crippen MR) is 97.1 cm³/mol. The number of ether oxygens (including phenoxy) is 1. The Hall–Kier alpha value is -2.55. The molecule has 1 aliphatic heterocycles. The first-order valence-corrected chi connectivity index (χ1v) is 9.48. The van der Waals surface area contributed by atoms with Gasteiger partial charge in [0.15, 0.2) is 0 Å². The second-order valence-electron chi connectivity index (χ2n) is 5.90. The van der Waals surface area contributed by atoms with Crippen LogP contribution in [0.15, 0.2) is 24.4 Å². The summed E-state index contributed by atoms with van der Waals surface area (Å²) in [4.78, 5) is 32.3. The second kappa shape index (κ2) is 8.22. The van der Waals surface area contributed by atoms with Crippen LogP contribution >= 0.6 is 11.3 Å². The highest BCUT2D eigenvalue weighted by Crippen LogP contribution is 2.29. The number of aromatic nitrogens is 3. The molecule has 0 saturated carbocycles. The Kier molecular flexibility index (Phi) is 5.77. The van der Waals surface area contributed by atoms with E-state index < -0.39 is 12.2 Å². The summed E-state index contributed by atoms with van der Waals surface area (Å²) in [6, 6.07) is 4.80. The maximum atomic E-state index is 12.8. The van der Waals surface area contributed by atoms with E-state index in [4.69, 9.17) is 4.74 Å². The van der Waals surface area contributed by atoms with Crippen molar-refractivity contribution in [2.24, 2.45) is 0 Å². The molecule has 2 aromatic rings. The molecule has 0 aliphatic carbocycles. The second-order valence-corrected chi connectivity index (χ2v) is 6.94. The van der Waals surface area contributed by atoms with Gasteiger partial charge in [-0.1, -0.05) is 31.3 Å². The Balaban J connectivity index is 1.82. The number of hydrogen-bond donors (Lipinski definition) is 0. The van der Waals surface area contributed by atoms with Gasteiger partial charge in [0.2, 0.25) is 11.4 Å². The molecule has 0 N–H and O–H groups in total. The van der Waals surface area contributed by atoms with Crippen LogP contribution < -0.4 is 4.90 Å². The molecule has 9 heteroatoms. The normalized spacial score (nSPS) is 17.0. The Morgan fingerprint density at radius 3 is 2.85 bits per heavy atom. The molecule has 0 bridgehead atoms. The average molecular weight is 375 g/mol. The van der Waals surface area contributed by atoms with Crippen molar-refractivity contribution >= 4 is 28.5 Å². The van der Waals surface area contributed by atoms with Crippen molar-refractivity contribution in [3.63, 3.8) is 0 Å². The highest BCUT2D eigenvalue weighted by atomic mass is 32.1. The Morgan fingerprint density at radius 2 is 2.15 bits per heavy atom. The summed E-state index contributed by atoms with van der Waals surface area (Å²) in [5.41, 5.74) is 0.206. The van der Waals surface area contributed by atoms with Gasteiger partial charge in [-0.15, -0.1) is 10.2 Å². The molecule has 3 rings (SSSR count). The first kappa shape index (κ1) is 18.2. The van der Waals surface area contributed by atoms with Gasteiger partial charge in [-0.05, 0) is 25.0 Å². The average Bonchev–Trinajstić information content (AvgIpc) is 3.21. The molecular formula is C17H21N5O3S. The van der Waals surface area contributed by atoms with E-state index in [-0.39, 0.29) is 11.7 Å². The third kappa shape index (κ3) is 3.82. The van der Waals surface area contributed by atoms with Gasteiger partial charge in [0.25, 0.3) is 0 Å². The molecular weight excluding hydrogens is 354 g/mol. The van der Waals surface area contributed by atoms with Crippen LogP contribution in [0.1, 0.15) is 42.2 Å². The highest BCUT2D eigenvalue weighted by molar-refractivity contribution is 7.15. The van der Waals surface area contributed by atoms with Crippen LogP contribution in [0.5, 0.6) is 0 Å². The van der Waals surface area contributed by atoms with Crippen LogP contribution in [-0.4, -0.2) is 51.4 Å². The van der Waals surface area contributed by atoms with E-state index in [1.165, 1.54) is 22.4 Å². The van der Waals surface area contributed by atoms with Crippen molar-refractivity contribution in [2.75, 3.05) is 18.0 Å². The molecule has 1 saturated heterocycles. The summed E-state index contributed by atoms with van der Waals surface area (Å²) in [6.45, 7) is 4.94. The summed E-state index contributed by atoms with van der Waals surface area (Å²) < 4.78 is 5.58. The van der Waals surface area contributed by atoms with E-state index in [0.717, 1.165) is 24.3 Å². The van der Waals surface area contributed by atoms with Gasteiger partial charge in [-0.2, -0.15) is 0 Å². The molecule has 0 radical (unpaired) electrons. The largest absolute Gasteiger partial charge is 0.434 e. The number of hydrogen-bond acceptors (Lipinski definition) is 7. The van der Waals surface area contributed by atoms with Crippen molar-refractivity contribution in [2.45, 2.75) is 39.3 Å². The van der Waals surface area contributed by atoms with Gasteiger partial charge in [-0.3, -0.25) is 0 Å². The summed E-state index contributed by atoms with van der Waals surface area (Å²) >= 11 is 1.35. The number of nitrogens with zero attached hydrogens (tertiary/aromatic N) is 5. The Morgan fingerprint density at radius 1 is 1.31 bits per heavy atom. The monoisotopic (exact) mass is 375 g/mol. The number of esters is 1. The zero-order valence-electron chi connectivity index (χ0n) is 14.8. The maximum absolute atomic E-state index is 12.8. The van der Waals surface area contributed by atoms with Crippen LogP contribution in [0, 0.1) is 0 Å². The fraction of sp³-hybridized carbons (Fsp3) is 0.471. The number of rotatable bonds is 7. The van der Waals surface area contributed by atoms with Gasteiger partial charge >= 0.3 is 12.0 Å². The molecule has 1 aliphatic rings. The molecule has 3 heterocycles. The predicted octanol–water partition coefficient (Wildman–Crippen LogP) is 2.72. The minimum Gasteiger partial charge on any atom is -0.434 e. The standard InChI is InChI=1S/C17H21N5O3S/c1-3-7-13-19-20-16(26-13)22-14(11-21(10-4-2)17(22)24)25-15(23)12-8-5-6-9-18-12/h5-6,8-9,14H,3-4,7,10-11H2,1-2H3. The van der Waals surface area contributed by atoms with Crippen LogP contribution in [0.3, 0.4) is 0 Å². The van der Waals surface area contributed by atoms with Gasteiger partial charge in [-0.25, -0.2) is 19.5 Å². The van der Waals surface area contributed by atoms with E-state index in [1.54, 1.807) is 23.1 Å². The summed E-state index contributed by atoms with van der Waals surface area (Å²) in [5, 5.41) is 9.58. The zero-order valence-corrected chi connectivity index (χ0v) is 15.6. The number of urea groups is 1. The topological polar surface area (TPSA) is 88.5 Å². The lowest BCUT2D eigenvalue weighted by Gasteiger charge is -2.19. The number of pyridine rings is 1. The van der Waals surface area contributed by atoms with Gasteiger partial charge in [0.1, 0.15) is 10.7 Å². The van der Waals surface area contributed by atoms with Gasteiger partial charge in [0, 0.05) is 19.2 Å². The van der Waals surface area contributed by atoms with E-state index in [0.29, 0.717) is 18.2 Å². The number of amides is 2. The smallest absolute Gasteiger partial charge is 0.358 e. The zero-order chi connectivity index (χ0) is 18.5. The number of carbonyl (C=O) groups is 2. The minimum absolute atomic E-state index is 0.206. The first-order chi connectivity index (χ1) is 12.6. The molecule has 26 heavy (non-hydrogen) atoms. The van der Waals surface area contributed by atoms with E-state index in [1.807, 2.05) is 6.92 Å². The molecule has 8 nitrogen and oxygen atoms in total. The lowest BCUT2D eigenvalue weighted by molar-refractivity contribution is 0.0319. The minimum atomic E-state index is -0.744. The number of carbonyl (C=O) groups excluding carboxylic acids is 2. The molecule has 2 amide bonds. The fourth-order valence-electron chi connectivity index (χ4n) is 2.70. The van der Waals surface area contributed by atoms with E-state index >= 15 is 0 Å². The van der Waals surface area contributed by atoms with E-state index in [9.17, 15) is 9.59 Å². The van der Waals surface area contributed by atoms with Crippen molar-refractivity contribution in [1.29, 1.82) is 0 Å². The third-order valence-corrected chi connectivity index (χ3v) is 4.86. The molecule has 1 fully saturated rings. The van der Waals surface area contributed by atoms with Gasteiger partial charge in [0.05, 0.1) is 6.54 Å². The van der Waals surface area contributed by atoms with E-state index in [2.05, 4.69) is 22.1 Å². The SMILES string of the molecule is CCCc1nnc(N2C(=O)N(CCC)CC2OC(=O)c2ccccn2)s1. The molecule has 1 unspecified atom stereocenters. The Bertz CT molecular complexity index is 767. The van der Waals surface area contributed by atoms with Gasteiger partial charge < -0.3 is 9.64 Å². The number of aryl methyl sites for hydroxylation is 1. The number of anilines is 1. The Labute approximate surface area is 155 Å². The van der Waals surface area contributed by atoms with Crippen molar-refractivity contribution < 1.29 is 14.3 Å². The molecule has 0 spiro atoms. The van der Waals surface area contributed by atoms with Crippen molar-refractivity contribution in [1.82, 2.24) is 20.1 Å². The first-order valence-electron chi connectivity index (χ1n) is 8.66. The lowest BCUT2D eigenvalue weighted by Crippen LogP contribution is -2.37. The van der Waals surface area contributed by atoms with Crippen LogP contribution in [-0.2, 0) is 11.2 Å². The van der Waals surface area contributed by atoms with Crippen LogP contribution in [0.25, 0.3) is 0 Å².